The molecule has 0 bridgehead atoms. The highest BCUT2D eigenvalue weighted by molar-refractivity contribution is 7.99. The van der Waals surface area contributed by atoms with Gasteiger partial charge in [-0.3, -0.25) is 14.6 Å². The first-order valence-corrected chi connectivity index (χ1v) is 7.49. The minimum Gasteiger partial charge on any atom is -0.504 e. The lowest BCUT2D eigenvalue weighted by atomic mass is 10.2. The van der Waals surface area contributed by atoms with E-state index in [1.165, 1.54) is 19.4 Å². The van der Waals surface area contributed by atoms with Gasteiger partial charge in [0.15, 0.2) is 16.5 Å². The first kappa shape index (κ1) is 17.3. The van der Waals surface area contributed by atoms with Gasteiger partial charge in [-0.1, -0.05) is 11.8 Å². The molecule has 1 heterocycles. The number of phenols is 1. The van der Waals surface area contributed by atoms with Crippen LogP contribution in [0.15, 0.2) is 37.9 Å². The fourth-order valence-electron chi connectivity index (χ4n) is 1.57. The third-order valence-corrected chi connectivity index (χ3v) is 3.58. The summed E-state index contributed by atoms with van der Waals surface area (Å²) in [5.74, 6) is -0.313. The van der Waals surface area contributed by atoms with Crippen molar-refractivity contribution in [2.45, 2.75) is 5.03 Å². The molecule has 11 heteroatoms. The van der Waals surface area contributed by atoms with E-state index in [4.69, 9.17) is 4.74 Å². The number of aromatic amines is 2. The molecule has 0 aliphatic carbocycles. The monoisotopic (exact) mass is 351 g/mol. The number of carbonyl (C=O) groups excluding carboxylic acids is 1. The number of hydrazone groups is 1. The Bertz CT molecular complexity index is 876. The quantitative estimate of drug-likeness (QED) is 0.309. The van der Waals surface area contributed by atoms with Crippen LogP contribution in [0.2, 0.25) is 0 Å². The molecule has 0 aliphatic rings. The normalized spacial score (nSPS) is 10.7. The molecule has 1 aromatic heterocycles. The van der Waals surface area contributed by atoms with E-state index in [9.17, 15) is 19.5 Å². The number of methoxy groups -OCH3 is 1. The maximum absolute atomic E-state index is 11.6. The van der Waals surface area contributed by atoms with E-state index < -0.39 is 17.2 Å². The molecule has 0 atom stereocenters. The zero-order valence-electron chi connectivity index (χ0n) is 12.4. The van der Waals surface area contributed by atoms with Crippen molar-refractivity contribution in [1.82, 2.24) is 20.6 Å². The van der Waals surface area contributed by atoms with E-state index >= 15 is 0 Å². The van der Waals surface area contributed by atoms with Crippen molar-refractivity contribution in [3.05, 3.63) is 44.6 Å². The SMILES string of the molecule is COc1ccc(/C=N/NC(=O)CSc2n[nH]c(=O)[nH]c2=O)cc1O. The second-order valence-corrected chi connectivity index (χ2v) is 5.29. The van der Waals surface area contributed by atoms with E-state index in [-0.39, 0.29) is 16.5 Å². The van der Waals surface area contributed by atoms with E-state index in [2.05, 4.69) is 20.7 Å². The molecular formula is C13H13N5O5S. The van der Waals surface area contributed by atoms with Gasteiger partial charge in [0.25, 0.3) is 5.56 Å². The number of aromatic nitrogens is 3. The Balaban J connectivity index is 1.87. The predicted molar refractivity (Wildman–Crippen MR) is 86.6 cm³/mol. The Labute approximate surface area is 139 Å². The molecule has 2 rings (SSSR count). The van der Waals surface area contributed by atoms with E-state index in [1.807, 2.05) is 4.98 Å². The Hall–Kier alpha value is -3.08. The topological polar surface area (TPSA) is 150 Å². The van der Waals surface area contributed by atoms with Crippen LogP contribution in [0.4, 0.5) is 0 Å². The summed E-state index contributed by atoms with van der Waals surface area (Å²) in [6, 6.07) is 4.63. The smallest absolute Gasteiger partial charge is 0.342 e. The van der Waals surface area contributed by atoms with Gasteiger partial charge >= 0.3 is 5.69 Å². The number of hydrogen-bond acceptors (Lipinski definition) is 8. The molecule has 0 radical (unpaired) electrons. The molecule has 0 unspecified atom stereocenters. The highest BCUT2D eigenvalue weighted by atomic mass is 32.2. The van der Waals surface area contributed by atoms with Crippen LogP contribution in [-0.4, -0.2) is 45.3 Å². The largest absolute Gasteiger partial charge is 0.504 e. The van der Waals surface area contributed by atoms with Crippen LogP contribution in [-0.2, 0) is 4.79 Å². The van der Waals surface area contributed by atoms with Gasteiger partial charge in [-0.15, -0.1) is 0 Å². The second kappa shape index (κ2) is 7.97. The lowest BCUT2D eigenvalue weighted by molar-refractivity contribution is -0.118. The number of ether oxygens (including phenoxy) is 1. The van der Waals surface area contributed by atoms with Crippen molar-refractivity contribution in [2.24, 2.45) is 5.10 Å². The van der Waals surface area contributed by atoms with Crippen LogP contribution >= 0.6 is 11.8 Å². The molecule has 2 aromatic rings. The molecule has 1 amide bonds. The van der Waals surface area contributed by atoms with Crippen molar-refractivity contribution in [2.75, 3.05) is 12.9 Å². The molecule has 4 N–H and O–H groups in total. The number of carbonyl (C=O) groups is 1. The Morgan fingerprint density at radius 1 is 1.50 bits per heavy atom. The molecule has 0 fully saturated rings. The number of nitrogens with zero attached hydrogens (tertiary/aromatic N) is 2. The van der Waals surface area contributed by atoms with Crippen LogP contribution in [0.1, 0.15) is 5.56 Å². The predicted octanol–water partition coefficient (Wildman–Crippen LogP) is -0.585. The summed E-state index contributed by atoms with van der Waals surface area (Å²) < 4.78 is 4.91. The highest BCUT2D eigenvalue weighted by Gasteiger charge is 2.07. The molecule has 1 aromatic carbocycles. The molecule has 10 nitrogen and oxygen atoms in total. The third kappa shape index (κ3) is 4.71. The molecular weight excluding hydrogens is 338 g/mol. The zero-order valence-corrected chi connectivity index (χ0v) is 13.2. The third-order valence-electron chi connectivity index (χ3n) is 2.63. The first-order valence-electron chi connectivity index (χ1n) is 6.50. The van der Waals surface area contributed by atoms with Crippen molar-refractivity contribution < 1.29 is 14.6 Å². The zero-order chi connectivity index (χ0) is 17.5. The van der Waals surface area contributed by atoms with Gasteiger partial charge in [0.05, 0.1) is 19.1 Å². The molecule has 0 spiro atoms. The minimum atomic E-state index is -0.721. The van der Waals surface area contributed by atoms with Crippen molar-refractivity contribution in [1.29, 1.82) is 0 Å². The average molecular weight is 351 g/mol. The van der Waals surface area contributed by atoms with Crippen LogP contribution < -0.4 is 21.4 Å². The van der Waals surface area contributed by atoms with Gasteiger partial charge in [-0.25, -0.2) is 15.3 Å². The maximum atomic E-state index is 11.6. The first-order chi connectivity index (χ1) is 11.5. The van der Waals surface area contributed by atoms with Gasteiger partial charge < -0.3 is 9.84 Å². The fraction of sp³-hybridized carbons (Fsp3) is 0.154. The van der Waals surface area contributed by atoms with Gasteiger partial charge in [0.2, 0.25) is 5.91 Å². The Morgan fingerprint density at radius 2 is 2.29 bits per heavy atom. The summed E-state index contributed by atoms with van der Waals surface area (Å²) in [5, 5.41) is 18.9. The maximum Gasteiger partial charge on any atom is 0.342 e. The summed E-state index contributed by atoms with van der Waals surface area (Å²) in [4.78, 5) is 35.8. The molecule has 24 heavy (non-hydrogen) atoms. The number of H-pyrrole nitrogens is 2. The van der Waals surface area contributed by atoms with Crippen molar-refractivity contribution in [3.63, 3.8) is 0 Å². The number of rotatable bonds is 6. The number of nitrogens with one attached hydrogen (secondary N) is 3. The number of benzene rings is 1. The highest BCUT2D eigenvalue weighted by Crippen LogP contribution is 2.25. The van der Waals surface area contributed by atoms with E-state index in [0.29, 0.717) is 11.3 Å². The average Bonchev–Trinajstić information content (AvgIpc) is 2.54. The molecule has 126 valence electrons. The van der Waals surface area contributed by atoms with E-state index in [1.54, 1.807) is 12.1 Å². The summed E-state index contributed by atoms with van der Waals surface area (Å²) >= 11 is 0.850. The lowest BCUT2D eigenvalue weighted by Gasteiger charge is -2.03. The standard InChI is InChI=1S/C13H13N5O5S/c1-23-9-3-2-7(4-8(9)19)5-14-16-10(20)6-24-12-11(21)15-13(22)18-17-12/h2-5,19H,6H2,1H3,(H,16,20)(H2,15,18,21,22)/b14-5+. The summed E-state index contributed by atoms with van der Waals surface area (Å²) in [6.07, 6.45) is 1.34. The Kier molecular flexibility index (Phi) is 5.73. The molecule has 0 saturated carbocycles. The number of amides is 1. The Morgan fingerprint density at radius 3 is 2.96 bits per heavy atom. The van der Waals surface area contributed by atoms with Crippen LogP contribution in [0.25, 0.3) is 0 Å². The summed E-state index contributed by atoms with van der Waals surface area (Å²) in [6.45, 7) is 0. The van der Waals surface area contributed by atoms with Crippen molar-refractivity contribution in [3.8, 4) is 11.5 Å². The van der Waals surface area contributed by atoms with Gasteiger partial charge in [0.1, 0.15) is 0 Å². The summed E-state index contributed by atoms with van der Waals surface area (Å²) in [7, 11) is 1.43. The van der Waals surface area contributed by atoms with E-state index in [0.717, 1.165) is 11.8 Å². The van der Waals surface area contributed by atoms with Crippen LogP contribution in [0.5, 0.6) is 11.5 Å². The van der Waals surface area contributed by atoms with Crippen LogP contribution in [0.3, 0.4) is 0 Å². The van der Waals surface area contributed by atoms with Crippen LogP contribution in [0, 0.1) is 0 Å². The van der Waals surface area contributed by atoms with Gasteiger partial charge in [-0.2, -0.15) is 10.2 Å². The molecule has 0 saturated heterocycles. The molecule has 0 aliphatic heterocycles. The summed E-state index contributed by atoms with van der Waals surface area (Å²) in [5.41, 5.74) is 1.43. The number of phenolic OH excluding ortho intramolecular Hbond substituents is 1. The number of hydrogen-bond donors (Lipinski definition) is 4. The van der Waals surface area contributed by atoms with Gasteiger partial charge in [-0.05, 0) is 23.8 Å². The lowest BCUT2D eigenvalue weighted by Crippen LogP contribution is -2.26. The van der Waals surface area contributed by atoms with Crippen molar-refractivity contribution >= 4 is 23.9 Å². The number of thioether (sulfide) groups is 1. The van der Waals surface area contributed by atoms with Gasteiger partial charge in [0, 0.05) is 0 Å². The minimum absolute atomic E-state index is 0.0335. The second-order valence-electron chi connectivity index (χ2n) is 4.33. The fourth-order valence-corrected chi connectivity index (χ4v) is 2.19. The number of aromatic hydroxyl groups is 1.